The van der Waals surface area contributed by atoms with Gasteiger partial charge in [-0.25, -0.2) is 14.8 Å². The predicted molar refractivity (Wildman–Crippen MR) is 75.5 cm³/mol. The smallest absolute Gasteiger partial charge is 0.321 e. The van der Waals surface area contributed by atoms with Crippen LogP contribution in [0.2, 0.25) is 0 Å². The SMILES string of the molecule is COCc1cc(NC(=O)NC2CCCCNC2=O)ncn1. The highest BCUT2D eigenvalue weighted by Crippen LogP contribution is 2.07. The Morgan fingerprint density at radius 1 is 1.48 bits per heavy atom. The van der Waals surface area contributed by atoms with Gasteiger partial charge >= 0.3 is 6.03 Å². The minimum Gasteiger partial charge on any atom is -0.378 e. The fourth-order valence-corrected chi connectivity index (χ4v) is 2.08. The largest absolute Gasteiger partial charge is 0.378 e. The van der Waals surface area contributed by atoms with Crippen LogP contribution in [-0.2, 0) is 16.1 Å². The zero-order valence-electron chi connectivity index (χ0n) is 11.9. The van der Waals surface area contributed by atoms with E-state index in [4.69, 9.17) is 4.74 Å². The Balaban J connectivity index is 1.91. The molecule has 8 nitrogen and oxygen atoms in total. The molecule has 2 rings (SSSR count). The summed E-state index contributed by atoms with van der Waals surface area (Å²) in [5.41, 5.74) is 0.662. The molecule has 1 unspecified atom stereocenters. The van der Waals surface area contributed by atoms with E-state index >= 15 is 0 Å². The third-order valence-corrected chi connectivity index (χ3v) is 3.10. The van der Waals surface area contributed by atoms with Crippen molar-refractivity contribution in [3.63, 3.8) is 0 Å². The van der Waals surface area contributed by atoms with Crippen molar-refractivity contribution in [2.75, 3.05) is 19.0 Å². The Labute approximate surface area is 122 Å². The van der Waals surface area contributed by atoms with E-state index in [2.05, 4.69) is 25.9 Å². The molecule has 1 aromatic rings. The van der Waals surface area contributed by atoms with E-state index in [0.29, 0.717) is 31.1 Å². The first-order valence-corrected chi connectivity index (χ1v) is 6.84. The quantitative estimate of drug-likeness (QED) is 0.746. The van der Waals surface area contributed by atoms with E-state index in [9.17, 15) is 9.59 Å². The van der Waals surface area contributed by atoms with E-state index in [1.165, 1.54) is 6.33 Å². The van der Waals surface area contributed by atoms with Crippen molar-refractivity contribution in [1.82, 2.24) is 20.6 Å². The number of hydrogen-bond donors (Lipinski definition) is 3. The average molecular weight is 293 g/mol. The van der Waals surface area contributed by atoms with Gasteiger partial charge in [-0.05, 0) is 19.3 Å². The second-order valence-corrected chi connectivity index (χ2v) is 4.77. The first kappa shape index (κ1) is 15.2. The Morgan fingerprint density at radius 3 is 3.14 bits per heavy atom. The molecule has 2 heterocycles. The molecule has 1 aliphatic heterocycles. The summed E-state index contributed by atoms with van der Waals surface area (Å²) in [5, 5.41) is 8.01. The van der Waals surface area contributed by atoms with Gasteiger partial charge in [0.05, 0.1) is 12.3 Å². The molecule has 114 valence electrons. The number of hydrogen-bond acceptors (Lipinski definition) is 5. The molecule has 3 N–H and O–H groups in total. The number of aromatic nitrogens is 2. The van der Waals surface area contributed by atoms with Gasteiger partial charge in [0.25, 0.3) is 0 Å². The Kier molecular flexibility index (Phi) is 5.44. The van der Waals surface area contributed by atoms with E-state index in [1.54, 1.807) is 13.2 Å². The van der Waals surface area contributed by atoms with Crippen molar-refractivity contribution in [2.45, 2.75) is 31.9 Å². The number of amides is 3. The van der Waals surface area contributed by atoms with Crippen LogP contribution in [-0.4, -0.2) is 41.6 Å². The molecule has 21 heavy (non-hydrogen) atoms. The normalized spacial score (nSPS) is 18.5. The van der Waals surface area contributed by atoms with Crippen molar-refractivity contribution >= 4 is 17.8 Å². The molecule has 0 aromatic carbocycles. The van der Waals surface area contributed by atoms with Gasteiger partial charge in [0, 0.05) is 19.7 Å². The number of carbonyl (C=O) groups excluding carboxylic acids is 2. The van der Waals surface area contributed by atoms with Crippen LogP contribution in [0.4, 0.5) is 10.6 Å². The molecule has 0 saturated carbocycles. The van der Waals surface area contributed by atoms with Gasteiger partial charge in [-0.15, -0.1) is 0 Å². The fourth-order valence-electron chi connectivity index (χ4n) is 2.08. The number of rotatable bonds is 4. The molecule has 1 fully saturated rings. The van der Waals surface area contributed by atoms with Crippen LogP contribution in [0.15, 0.2) is 12.4 Å². The minimum atomic E-state index is -0.507. The van der Waals surface area contributed by atoms with Crippen LogP contribution < -0.4 is 16.0 Å². The summed E-state index contributed by atoms with van der Waals surface area (Å²) in [6, 6.07) is 0.655. The third kappa shape index (κ3) is 4.67. The molecule has 1 aromatic heterocycles. The topological polar surface area (TPSA) is 105 Å². The van der Waals surface area contributed by atoms with Crippen molar-refractivity contribution in [1.29, 1.82) is 0 Å². The molecule has 3 amide bonds. The fraction of sp³-hybridized carbons (Fsp3) is 0.538. The predicted octanol–water partition coefficient (Wildman–Crippen LogP) is 0.413. The van der Waals surface area contributed by atoms with Crippen molar-refractivity contribution < 1.29 is 14.3 Å². The maximum atomic E-state index is 11.9. The van der Waals surface area contributed by atoms with Gasteiger partial charge in [-0.3, -0.25) is 10.1 Å². The molecule has 0 aliphatic carbocycles. The van der Waals surface area contributed by atoms with Crippen molar-refractivity contribution in [2.24, 2.45) is 0 Å². The van der Waals surface area contributed by atoms with Gasteiger partial charge in [0.15, 0.2) is 0 Å². The van der Waals surface area contributed by atoms with Crippen LogP contribution in [0.5, 0.6) is 0 Å². The lowest BCUT2D eigenvalue weighted by atomic mass is 10.1. The highest BCUT2D eigenvalue weighted by atomic mass is 16.5. The molecule has 1 atom stereocenters. The van der Waals surface area contributed by atoms with Crippen molar-refractivity contribution in [3.05, 3.63) is 18.1 Å². The average Bonchev–Trinajstić information content (AvgIpc) is 2.65. The second kappa shape index (κ2) is 7.53. The summed E-state index contributed by atoms with van der Waals surface area (Å²) in [4.78, 5) is 31.6. The minimum absolute atomic E-state index is 0.148. The van der Waals surface area contributed by atoms with E-state index in [0.717, 1.165) is 12.8 Å². The number of ether oxygens (including phenoxy) is 1. The van der Waals surface area contributed by atoms with Crippen LogP contribution in [0.25, 0.3) is 0 Å². The molecule has 8 heteroatoms. The molecule has 1 aliphatic rings. The first-order chi connectivity index (χ1) is 10.2. The van der Waals surface area contributed by atoms with Crippen LogP contribution >= 0.6 is 0 Å². The van der Waals surface area contributed by atoms with Gasteiger partial charge in [0.1, 0.15) is 18.2 Å². The van der Waals surface area contributed by atoms with Crippen LogP contribution in [0, 0.1) is 0 Å². The Hall–Kier alpha value is -2.22. The van der Waals surface area contributed by atoms with Gasteiger partial charge < -0.3 is 15.4 Å². The molecule has 0 radical (unpaired) electrons. The monoisotopic (exact) mass is 293 g/mol. The summed E-state index contributed by atoms with van der Waals surface area (Å²) in [5.74, 6) is 0.217. The summed E-state index contributed by atoms with van der Waals surface area (Å²) in [6.45, 7) is 0.995. The highest BCUT2D eigenvalue weighted by molar-refractivity contribution is 5.93. The highest BCUT2D eigenvalue weighted by Gasteiger charge is 2.22. The van der Waals surface area contributed by atoms with Crippen molar-refractivity contribution in [3.8, 4) is 0 Å². The standard InChI is InChI=1S/C13H19N5O3/c1-21-7-9-6-11(16-8-15-9)18-13(20)17-10-4-2-3-5-14-12(10)19/h6,8,10H,2-5,7H2,1H3,(H,14,19)(H2,15,16,17,18,20). The van der Waals surface area contributed by atoms with Gasteiger partial charge in [-0.2, -0.15) is 0 Å². The zero-order chi connectivity index (χ0) is 15.1. The van der Waals surface area contributed by atoms with Gasteiger partial charge in [-0.1, -0.05) is 0 Å². The zero-order valence-corrected chi connectivity index (χ0v) is 11.9. The number of methoxy groups -OCH3 is 1. The lowest BCUT2D eigenvalue weighted by Gasteiger charge is -2.15. The van der Waals surface area contributed by atoms with Gasteiger partial charge in [0.2, 0.25) is 5.91 Å². The van der Waals surface area contributed by atoms with Crippen LogP contribution in [0.3, 0.4) is 0 Å². The Morgan fingerprint density at radius 2 is 2.33 bits per heavy atom. The summed E-state index contributed by atoms with van der Waals surface area (Å²) < 4.78 is 4.97. The van der Waals surface area contributed by atoms with Crippen LogP contribution in [0.1, 0.15) is 25.0 Å². The van der Waals surface area contributed by atoms with E-state index < -0.39 is 12.1 Å². The molecular formula is C13H19N5O3. The lowest BCUT2D eigenvalue weighted by molar-refractivity contribution is -0.122. The lowest BCUT2D eigenvalue weighted by Crippen LogP contribution is -2.47. The summed E-state index contributed by atoms with van der Waals surface area (Å²) >= 11 is 0. The van der Waals surface area contributed by atoms with E-state index in [-0.39, 0.29) is 5.91 Å². The first-order valence-electron chi connectivity index (χ1n) is 6.84. The number of anilines is 1. The second-order valence-electron chi connectivity index (χ2n) is 4.77. The molecule has 1 saturated heterocycles. The Bertz CT molecular complexity index is 508. The summed E-state index contributed by atoms with van der Waals surface area (Å²) in [7, 11) is 1.56. The molecule has 0 bridgehead atoms. The number of nitrogens with one attached hydrogen (secondary N) is 3. The molecular weight excluding hydrogens is 274 g/mol. The number of nitrogens with zero attached hydrogens (tertiary/aromatic N) is 2. The third-order valence-electron chi connectivity index (χ3n) is 3.10. The van der Waals surface area contributed by atoms with E-state index in [1.807, 2.05) is 0 Å². The molecule has 0 spiro atoms. The number of carbonyl (C=O) groups is 2. The summed E-state index contributed by atoms with van der Waals surface area (Å²) in [6.07, 6.45) is 3.81. The number of urea groups is 1. The maximum absolute atomic E-state index is 11.9. The maximum Gasteiger partial charge on any atom is 0.321 e.